The molecule has 2 N–H and O–H groups in total. The van der Waals surface area contributed by atoms with Gasteiger partial charge in [-0.1, -0.05) is 39.0 Å². The highest BCUT2D eigenvalue weighted by Gasteiger charge is 2.17. The molecule has 4 nitrogen and oxygen atoms in total. The average Bonchev–Trinajstić information content (AvgIpc) is 2.46. The van der Waals surface area contributed by atoms with E-state index in [9.17, 15) is 4.79 Å². The van der Waals surface area contributed by atoms with E-state index in [1.807, 2.05) is 38.1 Å². The third kappa shape index (κ3) is 4.55. The summed E-state index contributed by atoms with van der Waals surface area (Å²) in [7, 11) is 0. The molecule has 0 aliphatic heterocycles. The van der Waals surface area contributed by atoms with E-state index in [2.05, 4.69) is 42.5 Å². The van der Waals surface area contributed by atoms with Gasteiger partial charge in [-0.15, -0.1) is 0 Å². The van der Waals surface area contributed by atoms with Gasteiger partial charge in [-0.3, -0.25) is 9.78 Å². The molecule has 0 saturated heterocycles. The monoisotopic (exact) mass is 311 g/mol. The van der Waals surface area contributed by atoms with Crippen LogP contribution in [0.4, 0.5) is 11.4 Å². The lowest BCUT2D eigenvalue weighted by Crippen LogP contribution is -2.30. The first kappa shape index (κ1) is 17.0. The minimum absolute atomic E-state index is 0.0314. The van der Waals surface area contributed by atoms with Gasteiger partial charge in [-0.05, 0) is 37.0 Å². The van der Waals surface area contributed by atoms with Gasteiger partial charge >= 0.3 is 0 Å². The molecule has 1 aromatic heterocycles. The minimum Gasteiger partial charge on any atom is -0.354 e. The van der Waals surface area contributed by atoms with E-state index in [1.54, 1.807) is 12.4 Å². The molecule has 0 bridgehead atoms. The second kappa shape index (κ2) is 6.82. The fourth-order valence-corrected chi connectivity index (χ4v) is 2.38. The molecular weight excluding hydrogens is 286 g/mol. The lowest BCUT2D eigenvalue weighted by atomic mass is 9.86. The number of anilines is 2. The largest absolute Gasteiger partial charge is 0.354 e. The van der Waals surface area contributed by atoms with Gasteiger partial charge in [0.1, 0.15) is 0 Å². The molecule has 1 aromatic carbocycles. The van der Waals surface area contributed by atoms with Gasteiger partial charge in [-0.2, -0.15) is 0 Å². The first-order chi connectivity index (χ1) is 10.8. The summed E-state index contributed by atoms with van der Waals surface area (Å²) in [5.74, 6) is -0.111. The number of aromatic nitrogens is 1. The summed E-state index contributed by atoms with van der Waals surface area (Å²) in [6, 6.07) is 10.1. The van der Waals surface area contributed by atoms with Crippen LogP contribution in [0.25, 0.3) is 0 Å². The lowest BCUT2D eigenvalue weighted by Gasteiger charge is -2.23. The van der Waals surface area contributed by atoms with Crippen molar-refractivity contribution in [3.05, 3.63) is 53.9 Å². The second-order valence-corrected chi connectivity index (χ2v) is 7.01. The van der Waals surface area contributed by atoms with Crippen LogP contribution in [0.15, 0.2) is 42.7 Å². The molecule has 23 heavy (non-hydrogen) atoms. The predicted octanol–water partition coefficient (Wildman–Crippen LogP) is 4.26. The van der Waals surface area contributed by atoms with E-state index < -0.39 is 0 Å². The Kier molecular flexibility index (Phi) is 5.04. The number of hydrogen-bond acceptors (Lipinski definition) is 3. The Morgan fingerprint density at radius 2 is 1.83 bits per heavy atom. The smallest absolute Gasteiger partial charge is 0.253 e. The molecule has 0 fully saturated rings. The molecule has 0 aliphatic rings. The molecule has 0 saturated carbocycles. The van der Waals surface area contributed by atoms with Gasteiger partial charge in [0.2, 0.25) is 0 Å². The predicted molar refractivity (Wildman–Crippen MR) is 95.3 cm³/mol. The number of carbonyl (C=O) groups excluding carboxylic acids is 1. The van der Waals surface area contributed by atoms with Crippen LogP contribution in [-0.2, 0) is 5.41 Å². The van der Waals surface area contributed by atoms with Gasteiger partial charge in [0.15, 0.2) is 0 Å². The van der Waals surface area contributed by atoms with Crippen molar-refractivity contribution in [3.8, 4) is 0 Å². The Bertz CT molecular complexity index is 687. The van der Waals surface area contributed by atoms with E-state index in [0.29, 0.717) is 5.56 Å². The molecular formula is C19H25N3O. The molecule has 0 atom stereocenters. The van der Waals surface area contributed by atoms with E-state index >= 15 is 0 Å². The molecule has 0 unspecified atom stereocenters. The Balaban J connectivity index is 2.27. The van der Waals surface area contributed by atoms with Gasteiger partial charge in [0, 0.05) is 17.9 Å². The zero-order chi connectivity index (χ0) is 17.0. The number of carbonyl (C=O) groups is 1. The van der Waals surface area contributed by atoms with Gasteiger partial charge in [0.05, 0.1) is 17.4 Å². The number of nitrogens with zero attached hydrogens (tertiary/aromatic N) is 1. The van der Waals surface area contributed by atoms with Crippen LogP contribution in [0.2, 0.25) is 0 Å². The summed E-state index contributed by atoms with van der Waals surface area (Å²) in [6.07, 6.45) is 3.31. The zero-order valence-electron chi connectivity index (χ0n) is 14.5. The van der Waals surface area contributed by atoms with Crippen molar-refractivity contribution in [2.24, 2.45) is 0 Å². The number of benzene rings is 1. The van der Waals surface area contributed by atoms with E-state index in [4.69, 9.17) is 0 Å². The lowest BCUT2D eigenvalue weighted by molar-refractivity contribution is 0.0943. The zero-order valence-corrected chi connectivity index (χ0v) is 14.5. The third-order valence-corrected chi connectivity index (χ3v) is 3.43. The first-order valence-corrected chi connectivity index (χ1v) is 7.90. The molecule has 2 rings (SSSR count). The fourth-order valence-electron chi connectivity index (χ4n) is 2.38. The SMILES string of the molecule is CC(C)NC(=O)c1cncc(Nc2ccccc2C(C)(C)C)c1. The highest BCUT2D eigenvalue weighted by atomic mass is 16.1. The van der Waals surface area contributed by atoms with E-state index in [-0.39, 0.29) is 17.4 Å². The maximum Gasteiger partial charge on any atom is 0.253 e. The van der Waals surface area contributed by atoms with Crippen molar-refractivity contribution in [3.63, 3.8) is 0 Å². The van der Waals surface area contributed by atoms with Gasteiger partial charge in [0.25, 0.3) is 5.91 Å². The summed E-state index contributed by atoms with van der Waals surface area (Å²) < 4.78 is 0. The molecule has 1 amide bonds. The number of rotatable bonds is 4. The minimum atomic E-state index is -0.111. The van der Waals surface area contributed by atoms with Crippen molar-refractivity contribution >= 4 is 17.3 Å². The van der Waals surface area contributed by atoms with E-state index in [0.717, 1.165) is 11.4 Å². The van der Waals surface area contributed by atoms with Crippen molar-refractivity contribution in [2.75, 3.05) is 5.32 Å². The summed E-state index contributed by atoms with van der Waals surface area (Å²) >= 11 is 0. The van der Waals surface area contributed by atoms with Gasteiger partial charge in [-0.25, -0.2) is 0 Å². The summed E-state index contributed by atoms with van der Waals surface area (Å²) in [5.41, 5.74) is 3.64. The molecule has 122 valence electrons. The molecule has 0 spiro atoms. The quantitative estimate of drug-likeness (QED) is 0.887. The number of pyridine rings is 1. The summed E-state index contributed by atoms with van der Waals surface area (Å²) in [4.78, 5) is 16.3. The Morgan fingerprint density at radius 1 is 1.13 bits per heavy atom. The Labute approximate surface area is 138 Å². The first-order valence-electron chi connectivity index (χ1n) is 7.90. The van der Waals surface area contributed by atoms with E-state index in [1.165, 1.54) is 5.56 Å². The maximum absolute atomic E-state index is 12.1. The highest BCUT2D eigenvalue weighted by Crippen LogP contribution is 2.31. The molecule has 0 aliphatic carbocycles. The fraction of sp³-hybridized carbons (Fsp3) is 0.368. The standard InChI is InChI=1S/C19H25N3O/c1-13(2)21-18(23)14-10-15(12-20-11-14)22-17-9-7-6-8-16(17)19(3,4)5/h6-13,22H,1-5H3,(H,21,23). The summed E-state index contributed by atoms with van der Waals surface area (Å²) in [6.45, 7) is 10.4. The summed E-state index contributed by atoms with van der Waals surface area (Å²) in [5, 5.41) is 6.26. The van der Waals surface area contributed by atoms with Gasteiger partial charge < -0.3 is 10.6 Å². The third-order valence-electron chi connectivity index (χ3n) is 3.43. The molecule has 1 heterocycles. The van der Waals surface area contributed by atoms with Crippen LogP contribution < -0.4 is 10.6 Å². The Morgan fingerprint density at radius 3 is 2.48 bits per heavy atom. The average molecular weight is 311 g/mol. The number of hydrogen-bond donors (Lipinski definition) is 2. The number of amides is 1. The van der Waals surface area contributed by atoms with Crippen LogP contribution in [0.1, 0.15) is 50.5 Å². The van der Waals surface area contributed by atoms with Crippen molar-refractivity contribution in [2.45, 2.75) is 46.1 Å². The van der Waals surface area contributed by atoms with Crippen LogP contribution in [-0.4, -0.2) is 16.9 Å². The topological polar surface area (TPSA) is 54.0 Å². The Hall–Kier alpha value is -2.36. The van der Waals surface area contributed by atoms with Crippen molar-refractivity contribution < 1.29 is 4.79 Å². The molecule has 0 radical (unpaired) electrons. The van der Waals surface area contributed by atoms with Crippen LogP contribution in [0.5, 0.6) is 0 Å². The van der Waals surface area contributed by atoms with Crippen molar-refractivity contribution in [1.82, 2.24) is 10.3 Å². The van der Waals surface area contributed by atoms with Crippen LogP contribution in [0.3, 0.4) is 0 Å². The normalized spacial score (nSPS) is 11.4. The highest BCUT2D eigenvalue weighted by molar-refractivity contribution is 5.95. The molecule has 2 aromatic rings. The second-order valence-electron chi connectivity index (χ2n) is 7.01. The van der Waals surface area contributed by atoms with Crippen LogP contribution >= 0.6 is 0 Å². The number of nitrogens with one attached hydrogen (secondary N) is 2. The number of para-hydroxylation sites is 1. The van der Waals surface area contributed by atoms with Crippen LogP contribution in [0, 0.1) is 0 Å². The van der Waals surface area contributed by atoms with Crippen molar-refractivity contribution in [1.29, 1.82) is 0 Å². The molecule has 4 heteroatoms. The maximum atomic E-state index is 12.1.